The molecule has 0 heterocycles. The highest BCUT2D eigenvalue weighted by Crippen LogP contribution is 2.17. The summed E-state index contributed by atoms with van der Waals surface area (Å²) in [6, 6.07) is -0.629. The van der Waals surface area contributed by atoms with Crippen LogP contribution in [-0.4, -0.2) is 47.4 Å². The van der Waals surface area contributed by atoms with Gasteiger partial charge < -0.3 is 20.3 Å². The third-order valence-corrected chi connectivity index (χ3v) is 14.4. The van der Waals surface area contributed by atoms with Crippen molar-refractivity contribution in [2.75, 3.05) is 13.2 Å². The minimum Gasteiger partial charge on any atom is -0.466 e. The summed E-state index contributed by atoms with van der Waals surface area (Å²) in [5.41, 5.74) is 0. The zero-order valence-electron chi connectivity index (χ0n) is 47.0. The summed E-state index contributed by atoms with van der Waals surface area (Å²) in [4.78, 5) is 24.6. The third-order valence-electron chi connectivity index (χ3n) is 14.4. The molecule has 0 fully saturated rings. The quantitative estimate of drug-likeness (QED) is 0.0321. The maximum atomic E-state index is 12.5. The number of hydrogen-bond donors (Lipinski definition) is 3. The van der Waals surface area contributed by atoms with Crippen molar-refractivity contribution in [1.82, 2.24) is 5.32 Å². The van der Waals surface area contributed by atoms with Crippen LogP contribution in [0.5, 0.6) is 0 Å². The van der Waals surface area contributed by atoms with Gasteiger partial charge in [0.25, 0.3) is 0 Å². The van der Waals surface area contributed by atoms with Crippen LogP contribution < -0.4 is 5.32 Å². The predicted octanol–water partition coefficient (Wildman–Crippen LogP) is 19.6. The molecule has 0 bridgehead atoms. The molecule has 1 amide bonds. The molecule has 0 aliphatic carbocycles. The van der Waals surface area contributed by atoms with Crippen LogP contribution in [-0.2, 0) is 14.3 Å². The lowest BCUT2D eigenvalue weighted by atomic mass is 10.0. The van der Waals surface area contributed by atoms with Gasteiger partial charge in [-0.3, -0.25) is 9.59 Å². The van der Waals surface area contributed by atoms with Crippen LogP contribution in [0.25, 0.3) is 0 Å². The molecule has 0 aromatic carbocycles. The Balaban J connectivity index is 3.40. The van der Waals surface area contributed by atoms with Crippen molar-refractivity contribution in [3.8, 4) is 0 Å². The first-order valence-electron chi connectivity index (χ1n) is 31.3. The van der Waals surface area contributed by atoms with Gasteiger partial charge in [-0.25, -0.2) is 0 Å². The number of aliphatic hydroxyl groups excluding tert-OH is 2. The molecule has 2 unspecified atom stereocenters. The fourth-order valence-corrected chi connectivity index (χ4v) is 9.61. The van der Waals surface area contributed by atoms with Crippen molar-refractivity contribution in [2.24, 2.45) is 0 Å². The predicted molar refractivity (Wildman–Crippen MR) is 306 cm³/mol. The van der Waals surface area contributed by atoms with Crippen LogP contribution in [0.15, 0.2) is 36.5 Å². The summed E-state index contributed by atoms with van der Waals surface area (Å²) in [7, 11) is 0. The highest BCUT2D eigenvalue weighted by atomic mass is 16.5. The molecule has 0 aromatic rings. The lowest BCUT2D eigenvalue weighted by molar-refractivity contribution is -0.143. The number of aliphatic hydroxyl groups is 2. The van der Waals surface area contributed by atoms with Crippen LogP contribution in [0.4, 0.5) is 0 Å². The van der Waals surface area contributed by atoms with Crippen molar-refractivity contribution >= 4 is 11.9 Å². The van der Waals surface area contributed by atoms with E-state index in [1.54, 1.807) is 6.08 Å². The smallest absolute Gasteiger partial charge is 0.305 e. The number of nitrogens with one attached hydrogen (secondary N) is 1. The van der Waals surface area contributed by atoms with Gasteiger partial charge in [-0.15, -0.1) is 0 Å². The fourth-order valence-electron chi connectivity index (χ4n) is 9.61. The summed E-state index contributed by atoms with van der Waals surface area (Å²) in [6.45, 7) is 4.89. The molecule has 0 saturated carbocycles. The Morgan fingerprint density at radius 2 is 0.714 bits per heavy atom. The van der Waals surface area contributed by atoms with Crippen LogP contribution in [0.3, 0.4) is 0 Å². The minimum absolute atomic E-state index is 0.00624. The van der Waals surface area contributed by atoms with Crippen molar-refractivity contribution in [2.45, 2.75) is 347 Å². The lowest BCUT2D eigenvalue weighted by Crippen LogP contribution is -2.45. The van der Waals surface area contributed by atoms with Gasteiger partial charge in [0, 0.05) is 12.8 Å². The first-order valence-corrected chi connectivity index (χ1v) is 31.3. The second-order valence-corrected chi connectivity index (χ2v) is 21.4. The third kappa shape index (κ3) is 55.4. The molecule has 0 aliphatic rings. The molecule has 0 spiro atoms. The van der Waals surface area contributed by atoms with Crippen LogP contribution in [0.1, 0.15) is 335 Å². The number of unbranched alkanes of at least 4 members (excludes halogenated alkanes) is 43. The molecule has 0 saturated heterocycles. The minimum atomic E-state index is -0.845. The topological polar surface area (TPSA) is 95.9 Å². The molecule has 3 N–H and O–H groups in total. The van der Waals surface area contributed by atoms with E-state index in [9.17, 15) is 19.8 Å². The van der Waals surface area contributed by atoms with Crippen LogP contribution >= 0.6 is 0 Å². The summed E-state index contributed by atoms with van der Waals surface area (Å²) >= 11 is 0. The molecule has 2 atom stereocenters. The summed E-state index contributed by atoms with van der Waals surface area (Å²) in [5.74, 6) is -0.0628. The Morgan fingerprint density at radius 3 is 1.11 bits per heavy atom. The van der Waals surface area contributed by atoms with Gasteiger partial charge in [-0.1, -0.05) is 294 Å². The normalized spacial score (nSPS) is 12.8. The van der Waals surface area contributed by atoms with E-state index >= 15 is 0 Å². The van der Waals surface area contributed by atoms with E-state index in [1.807, 2.05) is 6.08 Å². The lowest BCUT2D eigenvalue weighted by Gasteiger charge is -2.20. The molecular weight excluding hydrogens is 863 g/mol. The number of ether oxygens (including phenoxy) is 1. The molecule has 6 heteroatoms. The molecular formula is C64H121NO5. The van der Waals surface area contributed by atoms with E-state index in [1.165, 1.54) is 257 Å². The van der Waals surface area contributed by atoms with E-state index in [0.29, 0.717) is 19.4 Å². The zero-order valence-corrected chi connectivity index (χ0v) is 47.0. The van der Waals surface area contributed by atoms with Crippen molar-refractivity contribution in [3.05, 3.63) is 36.5 Å². The maximum absolute atomic E-state index is 12.5. The van der Waals surface area contributed by atoms with Crippen LogP contribution in [0, 0.1) is 0 Å². The average Bonchev–Trinajstić information content (AvgIpc) is 3.36. The largest absolute Gasteiger partial charge is 0.466 e. The molecule has 6 nitrogen and oxygen atoms in total. The van der Waals surface area contributed by atoms with E-state index in [4.69, 9.17) is 4.74 Å². The average molecular weight is 985 g/mol. The molecule has 412 valence electrons. The molecule has 70 heavy (non-hydrogen) atoms. The molecule has 0 aromatic heterocycles. The van der Waals surface area contributed by atoms with Gasteiger partial charge in [-0.05, 0) is 64.2 Å². The number of rotatable bonds is 58. The number of hydrogen-bond acceptors (Lipinski definition) is 5. The van der Waals surface area contributed by atoms with Gasteiger partial charge in [0.1, 0.15) is 0 Å². The number of carbonyl (C=O) groups is 2. The van der Waals surface area contributed by atoms with Crippen molar-refractivity contribution in [1.29, 1.82) is 0 Å². The molecule has 0 rings (SSSR count). The highest BCUT2D eigenvalue weighted by molar-refractivity contribution is 5.76. The SMILES string of the molecule is CCCCC/C=C\C/C=C\CCCCCCCCCCCC(=O)OCCCCCCCCCCCCCCCCCCCCCCC(=O)NC(CO)C(O)/C=C/CCCCCCCCCCCCCC. The van der Waals surface area contributed by atoms with Crippen molar-refractivity contribution in [3.63, 3.8) is 0 Å². The van der Waals surface area contributed by atoms with Gasteiger partial charge in [0.05, 0.1) is 25.4 Å². The standard InChI is InChI=1S/C64H121NO5/c1-3-5-7-9-11-13-15-17-19-20-23-27-30-34-38-42-46-50-54-58-64(69)70-59-55-51-47-43-39-35-31-28-25-22-21-24-26-29-33-37-41-45-49-53-57-63(68)65-61(60-66)62(67)56-52-48-44-40-36-32-18-16-14-12-10-8-6-4-2/h11,13,17,19,52,56,61-62,66-67H,3-10,12,14-16,18,20-51,53-55,57-60H2,1-2H3,(H,65,68)/b13-11-,19-17-,56-52+. The first kappa shape index (κ1) is 68.1. The Hall–Kier alpha value is -1.92. The fraction of sp³-hybridized carbons (Fsp3) is 0.875. The van der Waals surface area contributed by atoms with Gasteiger partial charge in [0.15, 0.2) is 0 Å². The Morgan fingerprint density at radius 1 is 0.400 bits per heavy atom. The maximum Gasteiger partial charge on any atom is 0.305 e. The number of carbonyl (C=O) groups excluding carboxylic acids is 2. The second kappa shape index (κ2) is 59.6. The van der Waals surface area contributed by atoms with E-state index in [-0.39, 0.29) is 18.5 Å². The second-order valence-electron chi connectivity index (χ2n) is 21.4. The summed E-state index contributed by atoms with van der Waals surface area (Å²) in [5, 5.41) is 23.1. The Kier molecular flexibility index (Phi) is 58.0. The van der Waals surface area contributed by atoms with E-state index in [0.717, 1.165) is 51.4 Å². The van der Waals surface area contributed by atoms with Gasteiger partial charge in [-0.2, -0.15) is 0 Å². The first-order chi connectivity index (χ1) is 34.5. The van der Waals surface area contributed by atoms with Crippen molar-refractivity contribution < 1.29 is 24.5 Å². The number of amides is 1. The molecule has 0 aliphatic heterocycles. The van der Waals surface area contributed by atoms with E-state index in [2.05, 4.69) is 43.5 Å². The Bertz CT molecular complexity index is 1130. The zero-order chi connectivity index (χ0) is 50.7. The molecule has 0 radical (unpaired) electrons. The van der Waals surface area contributed by atoms with Gasteiger partial charge in [0.2, 0.25) is 5.91 Å². The van der Waals surface area contributed by atoms with Crippen LogP contribution in [0.2, 0.25) is 0 Å². The number of esters is 1. The van der Waals surface area contributed by atoms with Gasteiger partial charge >= 0.3 is 5.97 Å². The number of allylic oxidation sites excluding steroid dienone is 5. The highest BCUT2D eigenvalue weighted by Gasteiger charge is 2.18. The Labute approximate surface area is 436 Å². The summed E-state index contributed by atoms with van der Waals surface area (Å²) < 4.78 is 5.50. The monoisotopic (exact) mass is 984 g/mol. The van der Waals surface area contributed by atoms with E-state index < -0.39 is 12.1 Å². The summed E-state index contributed by atoms with van der Waals surface area (Å²) in [6.07, 6.45) is 74.6.